The normalized spacial score (nSPS) is 15.1. The van der Waals surface area contributed by atoms with Gasteiger partial charge in [0.1, 0.15) is 18.6 Å². The second-order valence-electron chi connectivity index (χ2n) is 9.14. The Morgan fingerprint density at radius 3 is 2.46 bits per heavy atom. The Morgan fingerprint density at radius 2 is 1.81 bits per heavy atom. The van der Waals surface area contributed by atoms with E-state index in [0.29, 0.717) is 31.2 Å². The van der Waals surface area contributed by atoms with E-state index >= 15 is 0 Å². The molecule has 1 atom stereocenters. The molecule has 1 unspecified atom stereocenters. The maximum Gasteiger partial charge on any atom is 0.383 e. The molecule has 0 radical (unpaired) electrons. The van der Waals surface area contributed by atoms with E-state index in [-0.39, 0.29) is 17.7 Å². The van der Waals surface area contributed by atoms with Crippen LogP contribution in [0.2, 0.25) is 10.3 Å². The molecule has 11 heteroatoms. The number of hydrogen-bond acceptors (Lipinski definition) is 7. The lowest BCUT2D eigenvalue weighted by molar-refractivity contribution is -0.389. The Bertz CT molecular complexity index is 1150. The van der Waals surface area contributed by atoms with Gasteiger partial charge in [-0.25, -0.2) is 0 Å². The first-order valence-corrected chi connectivity index (χ1v) is 13.0. The van der Waals surface area contributed by atoms with Crippen molar-refractivity contribution >= 4 is 34.7 Å². The van der Waals surface area contributed by atoms with E-state index in [0.717, 1.165) is 48.8 Å². The Balaban J connectivity index is 1.14. The van der Waals surface area contributed by atoms with Gasteiger partial charge in [-0.3, -0.25) is 4.57 Å². The number of piperidine rings is 1. The first-order valence-electron chi connectivity index (χ1n) is 12.2. The van der Waals surface area contributed by atoms with Crippen molar-refractivity contribution in [2.45, 2.75) is 38.5 Å². The van der Waals surface area contributed by atoms with Crippen LogP contribution in [0.4, 0.5) is 11.5 Å². The molecule has 37 heavy (non-hydrogen) atoms. The average molecular weight is 549 g/mol. The molecule has 198 valence electrons. The fourth-order valence-corrected chi connectivity index (χ4v) is 4.57. The van der Waals surface area contributed by atoms with Gasteiger partial charge in [0, 0.05) is 37.0 Å². The van der Waals surface area contributed by atoms with Crippen LogP contribution in [-0.2, 0) is 17.9 Å². The number of imidazole rings is 1. The first kappa shape index (κ1) is 27.2. The molecule has 4 rings (SSSR count). The molecule has 0 aliphatic carbocycles. The maximum absolute atomic E-state index is 10.8. The van der Waals surface area contributed by atoms with Crippen LogP contribution in [0.3, 0.4) is 0 Å². The fourth-order valence-electron chi connectivity index (χ4n) is 4.22. The van der Waals surface area contributed by atoms with E-state index in [1.807, 2.05) is 48.5 Å². The van der Waals surface area contributed by atoms with Crippen LogP contribution in [0.25, 0.3) is 0 Å². The smallest absolute Gasteiger partial charge is 0.383 e. The number of benzene rings is 2. The quantitative estimate of drug-likeness (QED) is 0.240. The van der Waals surface area contributed by atoms with E-state index in [4.69, 9.17) is 32.7 Å². The lowest BCUT2D eigenvalue weighted by atomic mass is 9.97. The van der Waals surface area contributed by atoms with Crippen LogP contribution < -0.4 is 9.64 Å². The third-order valence-corrected chi connectivity index (χ3v) is 6.95. The zero-order chi connectivity index (χ0) is 26.2. The lowest BCUT2D eigenvalue weighted by Crippen LogP contribution is -2.35. The van der Waals surface area contributed by atoms with Gasteiger partial charge < -0.3 is 29.6 Å². The number of anilines is 1. The van der Waals surface area contributed by atoms with Crippen molar-refractivity contribution < 1.29 is 19.5 Å². The SMILES string of the molecule is O=[N+]([O-])c1cn(CCC(O)COc2ccc(N3CCC(COCc4ccc(Cl)cc4)CC3)cc2)c(Cl)n1. The monoisotopic (exact) mass is 548 g/mol. The zero-order valence-corrected chi connectivity index (χ0v) is 21.9. The number of nitrogens with zero attached hydrogens (tertiary/aromatic N) is 4. The van der Waals surface area contributed by atoms with Crippen LogP contribution >= 0.6 is 23.2 Å². The van der Waals surface area contributed by atoms with Crippen molar-refractivity contribution in [3.63, 3.8) is 0 Å². The molecule has 1 aliphatic heterocycles. The summed E-state index contributed by atoms with van der Waals surface area (Å²) in [6.07, 6.45) is 2.98. The number of hydrogen-bond donors (Lipinski definition) is 1. The minimum Gasteiger partial charge on any atom is -0.491 e. The largest absolute Gasteiger partial charge is 0.491 e. The number of aliphatic hydroxyl groups excluding tert-OH is 1. The van der Waals surface area contributed by atoms with Crippen molar-refractivity contribution in [2.75, 3.05) is 31.2 Å². The molecule has 0 spiro atoms. The van der Waals surface area contributed by atoms with E-state index in [1.54, 1.807) is 0 Å². The second-order valence-corrected chi connectivity index (χ2v) is 9.91. The summed E-state index contributed by atoms with van der Waals surface area (Å²) >= 11 is 11.8. The molecule has 2 aromatic carbocycles. The van der Waals surface area contributed by atoms with E-state index in [9.17, 15) is 15.2 Å². The number of halogens is 2. The van der Waals surface area contributed by atoms with Crippen LogP contribution in [0.1, 0.15) is 24.8 Å². The van der Waals surface area contributed by atoms with Crippen LogP contribution in [0.5, 0.6) is 5.75 Å². The molecule has 3 aromatic rings. The van der Waals surface area contributed by atoms with Gasteiger partial charge in [0.2, 0.25) is 0 Å². The van der Waals surface area contributed by atoms with Crippen molar-refractivity contribution in [3.05, 3.63) is 80.7 Å². The van der Waals surface area contributed by atoms with Gasteiger partial charge >= 0.3 is 11.1 Å². The molecule has 1 saturated heterocycles. The lowest BCUT2D eigenvalue weighted by Gasteiger charge is -2.33. The molecular weight excluding hydrogens is 519 g/mol. The predicted molar refractivity (Wildman–Crippen MR) is 142 cm³/mol. The molecule has 1 aliphatic rings. The molecule has 0 bridgehead atoms. The molecule has 9 nitrogen and oxygen atoms in total. The minimum absolute atomic E-state index is 0.0184. The first-order chi connectivity index (χ1) is 17.9. The van der Waals surface area contributed by atoms with Crippen molar-refractivity contribution in [1.29, 1.82) is 0 Å². The van der Waals surface area contributed by atoms with Gasteiger partial charge in [0.25, 0.3) is 0 Å². The highest BCUT2D eigenvalue weighted by Crippen LogP contribution is 2.26. The van der Waals surface area contributed by atoms with Gasteiger partial charge in [-0.1, -0.05) is 23.7 Å². The molecule has 1 fully saturated rings. The number of nitro groups is 1. The summed E-state index contributed by atoms with van der Waals surface area (Å²) in [7, 11) is 0. The number of aliphatic hydroxyl groups is 1. The molecular formula is C26H30Cl2N4O5. The van der Waals surface area contributed by atoms with Gasteiger partial charge in [-0.05, 0) is 88.7 Å². The zero-order valence-electron chi connectivity index (χ0n) is 20.3. The summed E-state index contributed by atoms with van der Waals surface area (Å²) in [6.45, 7) is 3.72. The standard InChI is InChI=1S/C26H30Cl2N4O5/c27-21-3-1-19(2-4-21)16-36-17-20-9-12-30(13-10-20)22-5-7-24(8-6-22)37-18-23(33)11-14-31-15-25(32(34)35)29-26(31)28/h1-8,15,20,23,33H,9-14,16-18H2. The van der Waals surface area contributed by atoms with Gasteiger partial charge in [0.15, 0.2) is 0 Å². The molecule has 1 aromatic heterocycles. The number of ether oxygens (including phenoxy) is 2. The fraction of sp³-hybridized carbons (Fsp3) is 0.423. The molecule has 0 amide bonds. The summed E-state index contributed by atoms with van der Waals surface area (Å²) in [4.78, 5) is 16.2. The summed E-state index contributed by atoms with van der Waals surface area (Å²) in [5, 5.41) is 21.8. The molecule has 2 heterocycles. The highest BCUT2D eigenvalue weighted by Gasteiger charge is 2.20. The number of rotatable bonds is 12. The topological polar surface area (TPSA) is 103 Å². The Hall–Kier alpha value is -2.85. The number of aryl methyl sites for hydroxylation is 1. The Morgan fingerprint density at radius 1 is 1.11 bits per heavy atom. The van der Waals surface area contributed by atoms with E-state index < -0.39 is 11.0 Å². The Kier molecular flexibility index (Phi) is 9.62. The summed E-state index contributed by atoms with van der Waals surface area (Å²) < 4.78 is 13.1. The number of aromatic nitrogens is 2. The Labute approximate surface area is 225 Å². The van der Waals surface area contributed by atoms with E-state index in [1.165, 1.54) is 10.8 Å². The van der Waals surface area contributed by atoms with Crippen LogP contribution in [-0.4, -0.2) is 52.0 Å². The summed E-state index contributed by atoms with van der Waals surface area (Å²) in [5.74, 6) is 0.906. The minimum atomic E-state index is -0.752. The molecule has 1 N–H and O–H groups in total. The average Bonchev–Trinajstić information content (AvgIpc) is 3.29. The third-order valence-electron chi connectivity index (χ3n) is 6.40. The maximum atomic E-state index is 10.8. The molecule has 0 saturated carbocycles. The van der Waals surface area contributed by atoms with Gasteiger partial charge in [-0.15, -0.1) is 0 Å². The van der Waals surface area contributed by atoms with E-state index in [2.05, 4.69) is 9.88 Å². The highest BCUT2D eigenvalue weighted by molar-refractivity contribution is 6.30. The predicted octanol–water partition coefficient (Wildman–Crippen LogP) is 5.36. The van der Waals surface area contributed by atoms with Gasteiger partial charge in [-0.2, -0.15) is 0 Å². The van der Waals surface area contributed by atoms with Crippen LogP contribution in [0, 0.1) is 16.0 Å². The van der Waals surface area contributed by atoms with Crippen molar-refractivity contribution in [3.8, 4) is 5.75 Å². The summed E-state index contributed by atoms with van der Waals surface area (Å²) in [5.41, 5.74) is 2.27. The van der Waals surface area contributed by atoms with Crippen LogP contribution in [0.15, 0.2) is 54.7 Å². The summed E-state index contributed by atoms with van der Waals surface area (Å²) in [6, 6.07) is 15.6. The van der Waals surface area contributed by atoms with Gasteiger partial charge in [0.05, 0.1) is 12.7 Å². The third kappa shape index (κ3) is 8.07. The highest BCUT2D eigenvalue weighted by atomic mass is 35.5. The second kappa shape index (κ2) is 13.1. The van der Waals surface area contributed by atoms with Crippen molar-refractivity contribution in [2.24, 2.45) is 5.92 Å². The van der Waals surface area contributed by atoms with Crippen molar-refractivity contribution in [1.82, 2.24) is 9.55 Å².